The third-order valence-corrected chi connectivity index (χ3v) is 6.33. The van der Waals surface area contributed by atoms with Crippen LogP contribution in [0.5, 0.6) is 17.2 Å². The molecule has 0 spiro atoms. The van der Waals surface area contributed by atoms with Gasteiger partial charge in [-0.25, -0.2) is 0 Å². The zero-order valence-corrected chi connectivity index (χ0v) is 27.3. The van der Waals surface area contributed by atoms with Crippen molar-refractivity contribution in [2.45, 2.75) is 75.2 Å². The number of carbonyl (C=O) groups excluding carboxylic acids is 3. The van der Waals surface area contributed by atoms with Gasteiger partial charge in [-0.2, -0.15) is 0 Å². The van der Waals surface area contributed by atoms with Gasteiger partial charge >= 0.3 is 11.9 Å². The lowest BCUT2D eigenvalue weighted by molar-refractivity contribution is -0.143. The van der Waals surface area contributed by atoms with Crippen LogP contribution in [0.25, 0.3) is 6.08 Å². The van der Waals surface area contributed by atoms with Crippen molar-refractivity contribution in [2.24, 2.45) is 10.8 Å². The lowest BCUT2D eigenvalue weighted by atomic mass is 9.95. The minimum absolute atomic E-state index is 0.0915. The molecule has 0 N–H and O–H groups in total. The maximum absolute atomic E-state index is 13.5. The topological polar surface area (TPSA) is 88.1 Å². The number of benzene rings is 2. The second-order valence-electron chi connectivity index (χ2n) is 12.1. The molecule has 0 aromatic heterocycles. The van der Waals surface area contributed by atoms with Crippen molar-refractivity contribution in [3.63, 3.8) is 0 Å². The summed E-state index contributed by atoms with van der Waals surface area (Å²) < 4.78 is 23.2. The van der Waals surface area contributed by atoms with E-state index < -0.39 is 10.8 Å². The number of ketones is 1. The van der Waals surface area contributed by atoms with Crippen LogP contribution in [0, 0.1) is 10.8 Å². The molecule has 43 heavy (non-hydrogen) atoms. The molecule has 232 valence electrons. The van der Waals surface area contributed by atoms with Gasteiger partial charge in [-0.15, -0.1) is 0 Å². The molecule has 0 aliphatic heterocycles. The first-order valence-corrected chi connectivity index (χ1v) is 14.6. The van der Waals surface area contributed by atoms with Crippen molar-refractivity contribution in [1.82, 2.24) is 0 Å². The van der Waals surface area contributed by atoms with E-state index in [0.29, 0.717) is 53.4 Å². The van der Waals surface area contributed by atoms with E-state index in [1.807, 2.05) is 71.9 Å². The Hall–Kier alpha value is -4.13. The lowest BCUT2D eigenvalue weighted by Gasteiger charge is -2.23. The van der Waals surface area contributed by atoms with E-state index in [1.165, 1.54) is 7.11 Å². The van der Waals surface area contributed by atoms with Gasteiger partial charge in [0.2, 0.25) is 5.78 Å². The molecule has 0 unspecified atom stereocenters. The minimum atomic E-state index is -0.712. The Bertz CT molecular complexity index is 1380. The molecule has 0 bridgehead atoms. The number of Topliss-reactive ketones (excluding diaryl/α,β-unsaturated/α-hetero) is 1. The maximum Gasteiger partial charge on any atom is 0.316 e. The largest absolute Gasteiger partial charge is 0.493 e. The van der Waals surface area contributed by atoms with Crippen LogP contribution in [0.3, 0.4) is 0 Å². The predicted octanol–water partition coefficient (Wildman–Crippen LogP) is 8.10. The van der Waals surface area contributed by atoms with Crippen LogP contribution in [-0.4, -0.2) is 31.4 Å². The highest BCUT2D eigenvalue weighted by atomic mass is 16.5. The summed E-state index contributed by atoms with van der Waals surface area (Å²) in [5.74, 6) is 0.328. The number of allylic oxidation sites excluding steroid dienone is 5. The van der Waals surface area contributed by atoms with Crippen LogP contribution >= 0.6 is 0 Å². The summed E-state index contributed by atoms with van der Waals surface area (Å²) in [7, 11) is 1.44. The SMILES string of the molecule is CC=CCc1cc(C=C(OC)C(=O)c2ccc(OC(=O)C(C)(C)C)cc2)c(OCC)c(CC=CC)c1OC(=O)C(C)(C)C. The number of hydrogen-bond donors (Lipinski definition) is 0. The Morgan fingerprint density at radius 2 is 1.35 bits per heavy atom. The third kappa shape index (κ3) is 9.70. The van der Waals surface area contributed by atoms with E-state index in [0.717, 1.165) is 5.56 Å². The van der Waals surface area contributed by atoms with Gasteiger partial charge < -0.3 is 18.9 Å². The number of carbonyl (C=O) groups is 3. The van der Waals surface area contributed by atoms with Crippen LogP contribution in [-0.2, 0) is 27.2 Å². The highest BCUT2D eigenvalue weighted by Gasteiger charge is 2.28. The van der Waals surface area contributed by atoms with Crippen LogP contribution in [0.15, 0.2) is 60.4 Å². The molecule has 0 radical (unpaired) electrons. The van der Waals surface area contributed by atoms with Gasteiger partial charge in [-0.3, -0.25) is 14.4 Å². The Morgan fingerprint density at radius 1 is 0.791 bits per heavy atom. The number of rotatable bonds is 12. The smallest absolute Gasteiger partial charge is 0.316 e. The van der Waals surface area contributed by atoms with Gasteiger partial charge in [0.15, 0.2) is 5.76 Å². The normalized spacial score (nSPS) is 12.5. The van der Waals surface area contributed by atoms with Crippen LogP contribution in [0.1, 0.15) is 89.4 Å². The highest BCUT2D eigenvalue weighted by Crippen LogP contribution is 2.40. The molecule has 0 aliphatic rings. The molecule has 0 aliphatic carbocycles. The van der Waals surface area contributed by atoms with Crippen LogP contribution < -0.4 is 14.2 Å². The summed E-state index contributed by atoms with van der Waals surface area (Å²) in [6.07, 6.45) is 10.4. The van der Waals surface area contributed by atoms with Gasteiger partial charge in [-0.1, -0.05) is 24.3 Å². The zero-order valence-electron chi connectivity index (χ0n) is 27.3. The summed E-state index contributed by atoms with van der Waals surface area (Å²) >= 11 is 0. The predicted molar refractivity (Wildman–Crippen MR) is 171 cm³/mol. The molecule has 0 amide bonds. The second kappa shape index (κ2) is 15.4. The van der Waals surface area contributed by atoms with E-state index in [2.05, 4.69) is 0 Å². The summed E-state index contributed by atoms with van der Waals surface area (Å²) in [4.78, 5) is 38.8. The molecule has 7 heteroatoms. The van der Waals surface area contributed by atoms with Crippen molar-refractivity contribution in [3.8, 4) is 17.2 Å². The molecule has 0 saturated heterocycles. The molecule has 0 heterocycles. The number of hydrogen-bond acceptors (Lipinski definition) is 7. The molecular formula is C36H46O7. The van der Waals surface area contributed by atoms with E-state index in [-0.39, 0.29) is 23.5 Å². The van der Waals surface area contributed by atoms with Crippen LogP contribution in [0.2, 0.25) is 0 Å². The summed E-state index contributed by atoms with van der Waals surface area (Å²) in [5.41, 5.74) is 1.10. The van der Waals surface area contributed by atoms with Crippen molar-refractivity contribution in [3.05, 3.63) is 82.6 Å². The average molecular weight is 591 g/mol. The Labute approximate surface area is 256 Å². The van der Waals surface area contributed by atoms with Crippen molar-refractivity contribution >= 4 is 23.8 Å². The number of esters is 2. The standard InChI is InChI=1S/C36H46O7/c1-11-14-16-25-22-26(31(41-13-3)28(17-15-12-2)32(25)43-34(39)36(7,8)9)23-29(40-10)30(37)24-18-20-27(21-19-24)42-33(38)35(4,5)6/h11-12,14-15,18-23H,13,16-17H2,1-10H3. The monoisotopic (exact) mass is 590 g/mol. The fraction of sp³-hybridized carbons (Fsp3) is 0.417. The zero-order chi connectivity index (χ0) is 32.4. The van der Waals surface area contributed by atoms with E-state index >= 15 is 0 Å². The number of methoxy groups -OCH3 is 1. The van der Waals surface area contributed by atoms with Crippen molar-refractivity contribution < 1.29 is 33.3 Å². The van der Waals surface area contributed by atoms with Gasteiger partial charge in [-0.05, 0) is 117 Å². The van der Waals surface area contributed by atoms with E-state index in [4.69, 9.17) is 18.9 Å². The van der Waals surface area contributed by atoms with Gasteiger partial charge in [0.1, 0.15) is 17.2 Å². The Kier molecular flexibility index (Phi) is 12.5. The van der Waals surface area contributed by atoms with Crippen molar-refractivity contribution in [1.29, 1.82) is 0 Å². The first-order chi connectivity index (χ1) is 20.2. The quantitative estimate of drug-likeness (QED) is 0.0616. The number of ether oxygens (including phenoxy) is 4. The maximum atomic E-state index is 13.5. The Balaban J connectivity index is 2.69. The molecule has 2 rings (SSSR count). The van der Waals surface area contributed by atoms with Gasteiger partial charge in [0, 0.05) is 16.7 Å². The van der Waals surface area contributed by atoms with E-state index in [9.17, 15) is 14.4 Å². The van der Waals surface area contributed by atoms with Gasteiger partial charge in [0.25, 0.3) is 0 Å². The van der Waals surface area contributed by atoms with E-state index in [1.54, 1.807) is 51.1 Å². The molecule has 2 aromatic carbocycles. The average Bonchev–Trinajstić information content (AvgIpc) is 2.94. The third-order valence-electron chi connectivity index (χ3n) is 6.33. The summed E-state index contributed by atoms with van der Waals surface area (Å²) in [6, 6.07) is 8.22. The molecule has 0 atom stereocenters. The molecular weight excluding hydrogens is 544 g/mol. The molecule has 2 aromatic rings. The fourth-order valence-electron chi connectivity index (χ4n) is 3.84. The minimum Gasteiger partial charge on any atom is -0.493 e. The molecule has 0 saturated carbocycles. The molecule has 0 fully saturated rings. The van der Waals surface area contributed by atoms with Gasteiger partial charge in [0.05, 0.1) is 24.5 Å². The first-order valence-electron chi connectivity index (χ1n) is 14.6. The summed E-state index contributed by atoms with van der Waals surface area (Å²) in [5, 5.41) is 0. The lowest BCUT2D eigenvalue weighted by Crippen LogP contribution is -2.26. The first kappa shape index (κ1) is 35.1. The fourth-order valence-corrected chi connectivity index (χ4v) is 3.84. The van der Waals surface area contributed by atoms with Crippen molar-refractivity contribution in [2.75, 3.05) is 13.7 Å². The molecule has 7 nitrogen and oxygen atoms in total. The summed E-state index contributed by atoms with van der Waals surface area (Å²) in [6.45, 7) is 16.8. The van der Waals surface area contributed by atoms with Crippen LogP contribution in [0.4, 0.5) is 0 Å². The second-order valence-corrected chi connectivity index (χ2v) is 12.1. The highest BCUT2D eigenvalue weighted by molar-refractivity contribution is 6.10. The Morgan fingerprint density at radius 3 is 1.86 bits per heavy atom.